The minimum Gasteiger partial charge on any atom is -0.497 e. The van der Waals surface area contributed by atoms with Crippen molar-refractivity contribution in [1.82, 2.24) is 0 Å². The first-order valence-electron chi connectivity index (χ1n) is 10.8. The van der Waals surface area contributed by atoms with Crippen LogP contribution in [0, 0.1) is 5.92 Å². The molecule has 0 bridgehead atoms. The van der Waals surface area contributed by atoms with Gasteiger partial charge in [-0.1, -0.05) is 18.2 Å². The van der Waals surface area contributed by atoms with E-state index in [0.29, 0.717) is 35.0 Å². The fourth-order valence-corrected chi connectivity index (χ4v) is 3.79. The number of para-hydroxylation sites is 1. The molecule has 2 N–H and O–H groups in total. The van der Waals surface area contributed by atoms with Gasteiger partial charge in [-0.05, 0) is 48.5 Å². The maximum Gasteiger partial charge on any atom is 0.255 e. The topological polar surface area (TPSA) is 97.0 Å². The molecule has 0 saturated carbocycles. The molecule has 1 heterocycles. The van der Waals surface area contributed by atoms with Crippen molar-refractivity contribution in [3.63, 3.8) is 0 Å². The van der Waals surface area contributed by atoms with E-state index in [-0.39, 0.29) is 24.1 Å². The van der Waals surface area contributed by atoms with Crippen molar-refractivity contribution in [3.05, 3.63) is 78.4 Å². The van der Waals surface area contributed by atoms with Crippen LogP contribution >= 0.6 is 0 Å². The number of carbonyl (C=O) groups is 3. The van der Waals surface area contributed by atoms with E-state index in [0.717, 1.165) is 5.69 Å². The van der Waals surface area contributed by atoms with Gasteiger partial charge in [-0.25, -0.2) is 0 Å². The number of nitrogens with one attached hydrogen (secondary N) is 2. The summed E-state index contributed by atoms with van der Waals surface area (Å²) >= 11 is 0. The summed E-state index contributed by atoms with van der Waals surface area (Å²) < 4.78 is 10.5. The Morgan fingerprint density at radius 1 is 0.912 bits per heavy atom. The third-order valence-electron chi connectivity index (χ3n) is 5.64. The van der Waals surface area contributed by atoms with Crippen LogP contribution in [0.1, 0.15) is 16.8 Å². The van der Waals surface area contributed by atoms with Gasteiger partial charge in [0.05, 0.1) is 25.8 Å². The normalized spacial score (nSPS) is 15.1. The SMILES string of the molecule is COc1ccc(NC(=O)c2ccc(NC(=O)C3CC(=O)N(c4ccccc4)C3)cc2)c(OC)c1. The lowest BCUT2D eigenvalue weighted by Crippen LogP contribution is -2.28. The van der Waals surface area contributed by atoms with Gasteiger partial charge >= 0.3 is 0 Å². The number of carbonyl (C=O) groups excluding carboxylic acids is 3. The second kappa shape index (κ2) is 10.1. The Balaban J connectivity index is 1.37. The van der Waals surface area contributed by atoms with E-state index >= 15 is 0 Å². The second-order valence-corrected chi connectivity index (χ2v) is 7.83. The Hall–Kier alpha value is -4.33. The first-order chi connectivity index (χ1) is 16.5. The first-order valence-corrected chi connectivity index (χ1v) is 10.8. The Labute approximate surface area is 197 Å². The largest absolute Gasteiger partial charge is 0.497 e. The molecule has 1 aliphatic rings. The zero-order chi connectivity index (χ0) is 24.1. The van der Waals surface area contributed by atoms with E-state index < -0.39 is 5.92 Å². The highest BCUT2D eigenvalue weighted by molar-refractivity contribution is 6.06. The number of hydrogen-bond donors (Lipinski definition) is 2. The number of ether oxygens (including phenoxy) is 2. The van der Waals surface area contributed by atoms with Gasteiger partial charge in [0.25, 0.3) is 5.91 Å². The van der Waals surface area contributed by atoms with Gasteiger partial charge in [-0.3, -0.25) is 14.4 Å². The van der Waals surface area contributed by atoms with Crippen LogP contribution in [-0.2, 0) is 9.59 Å². The quantitative estimate of drug-likeness (QED) is 0.558. The molecule has 4 rings (SSSR count). The number of benzene rings is 3. The van der Waals surface area contributed by atoms with Crippen molar-refractivity contribution in [2.45, 2.75) is 6.42 Å². The zero-order valence-electron chi connectivity index (χ0n) is 18.9. The van der Waals surface area contributed by atoms with Gasteiger partial charge < -0.3 is 25.0 Å². The minimum absolute atomic E-state index is 0.0765. The zero-order valence-corrected chi connectivity index (χ0v) is 18.9. The molecule has 0 aromatic heterocycles. The Morgan fingerprint density at radius 3 is 2.32 bits per heavy atom. The Morgan fingerprint density at radius 2 is 1.65 bits per heavy atom. The van der Waals surface area contributed by atoms with Gasteiger partial charge in [0.15, 0.2) is 0 Å². The fraction of sp³-hybridized carbons (Fsp3) is 0.192. The summed E-state index contributed by atoms with van der Waals surface area (Å²) in [4.78, 5) is 39.4. The van der Waals surface area contributed by atoms with E-state index in [1.807, 2.05) is 30.3 Å². The average Bonchev–Trinajstić information content (AvgIpc) is 3.27. The monoisotopic (exact) mass is 459 g/mol. The number of methoxy groups -OCH3 is 2. The maximum absolute atomic E-state index is 12.7. The average molecular weight is 460 g/mol. The van der Waals surface area contributed by atoms with E-state index in [1.54, 1.807) is 54.5 Å². The van der Waals surface area contributed by atoms with E-state index in [2.05, 4.69) is 10.6 Å². The standard InChI is InChI=1S/C26H25N3O5/c1-33-21-12-13-22(23(15-21)34-2)28-25(31)17-8-10-19(11-9-17)27-26(32)18-14-24(30)29(16-18)20-6-4-3-5-7-20/h3-13,15,18H,14,16H2,1-2H3,(H,27,32)(H,28,31). The molecule has 1 unspecified atom stereocenters. The molecule has 1 saturated heterocycles. The third kappa shape index (κ3) is 5.01. The van der Waals surface area contributed by atoms with E-state index in [4.69, 9.17) is 9.47 Å². The van der Waals surface area contributed by atoms with Gasteiger partial charge in [0.2, 0.25) is 11.8 Å². The van der Waals surface area contributed by atoms with E-state index in [9.17, 15) is 14.4 Å². The molecule has 0 spiro atoms. The minimum atomic E-state index is -0.446. The molecule has 0 radical (unpaired) electrons. The van der Waals surface area contributed by atoms with Gasteiger partial charge in [0, 0.05) is 36.0 Å². The lowest BCUT2D eigenvalue weighted by atomic mass is 10.1. The third-order valence-corrected chi connectivity index (χ3v) is 5.64. The number of amides is 3. The van der Waals surface area contributed by atoms with Crippen LogP contribution in [0.15, 0.2) is 72.8 Å². The van der Waals surface area contributed by atoms with Crippen molar-refractivity contribution in [3.8, 4) is 11.5 Å². The predicted molar refractivity (Wildman–Crippen MR) is 129 cm³/mol. The molecule has 1 fully saturated rings. The van der Waals surface area contributed by atoms with Crippen molar-refractivity contribution in [2.75, 3.05) is 36.3 Å². The summed E-state index contributed by atoms with van der Waals surface area (Å²) in [6.07, 6.45) is 0.158. The summed E-state index contributed by atoms with van der Waals surface area (Å²) in [5, 5.41) is 5.65. The molecule has 1 aliphatic heterocycles. The predicted octanol–water partition coefficient (Wildman–Crippen LogP) is 3.95. The molecule has 3 amide bonds. The number of nitrogens with zero attached hydrogens (tertiary/aromatic N) is 1. The molecule has 0 aliphatic carbocycles. The van der Waals surface area contributed by atoms with Crippen molar-refractivity contribution in [2.24, 2.45) is 5.92 Å². The van der Waals surface area contributed by atoms with Crippen molar-refractivity contribution in [1.29, 1.82) is 0 Å². The summed E-state index contributed by atoms with van der Waals surface area (Å²) in [5.41, 5.74) is 2.27. The molecule has 3 aromatic rings. The maximum atomic E-state index is 12.7. The van der Waals surface area contributed by atoms with Crippen LogP contribution in [0.2, 0.25) is 0 Å². The van der Waals surface area contributed by atoms with Gasteiger partial charge in [0.1, 0.15) is 11.5 Å². The highest BCUT2D eigenvalue weighted by Gasteiger charge is 2.35. The molecule has 1 atom stereocenters. The number of hydrogen-bond acceptors (Lipinski definition) is 5. The smallest absolute Gasteiger partial charge is 0.255 e. The van der Waals surface area contributed by atoms with Crippen molar-refractivity contribution < 1.29 is 23.9 Å². The summed E-state index contributed by atoms with van der Waals surface area (Å²) in [7, 11) is 3.07. The highest BCUT2D eigenvalue weighted by atomic mass is 16.5. The van der Waals surface area contributed by atoms with Crippen LogP contribution in [0.4, 0.5) is 17.1 Å². The molecule has 3 aromatic carbocycles. The number of anilines is 3. The van der Waals surface area contributed by atoms with Crippen LogP contribution in [-0.4, -0.2) is 38.5 Å². The van der Waals surface area contributed by atoms with Crippen molar-refractivity contribution >= 4 is 34.8 Å². The molecular weight excluding hydrogens is 434 g/mol. The second-order valence-electron chi connectivity index (χ2n) is 7.83. The van der Waals surface area contributed by atoms with Crippen LogP contribution in [0.25, 0.3) is 0 Å². The molecule has 8 heteroatoms. The van der Waals surface area contributed by atoms with Crippen LogP contribution < -0.4 is 25.0 Å². The first kappa shape index (κ1) is 22.8. The lowest BCUT2D eigenvalue weighted by molar-refractivity contribution is -0.122. The highest BCUT2D eigenvalue weighted by Crippen LogP contribution is 2.30. The molecule has 174 valence electrons. The summed E-state index contributed by atoms with van der Waals surface area (Å²) in [5.74, 6) is 0.0248. The summed E-state index contributed by atoms with van der Waals surface area (Å²) in [6.45, 7) is 0.332. The fourth-order valence-electron chi connectivity index (χ4n) is 3.79. The van der Waals surface area contributed by atoms with Crippen LogP contribution in [0.3, 0.4) is 0 Å². The molecule has 34 heavy (non-hydrogen) atoms. The Bertz CT molecular complexity index is 1190. The van der Waals surface area contributed by atoms with Gasteiger partial charge in [-0.2, -0.15) is 0 Å². The van der Waals surface area contributed by atoms with Gasteiger partial charge in [-0.15, -0.1) is 0 Å². The molecular formula is C26H25N3O5. The number of rotatable bonds is 7. The summed E-state index contributed by atoms with van der Waals surface area (Å²) in [6, 6.07) is 21.0. The van der Waals surface area contributed by atoms with E-state index in [1.165, 1.54) is 7.11 Å². The van der Waals surface area contributed by atoms with Crippen LogP contribution in [0.5, 0.6) is 11.5 Å². The Kier molecular flexibility index (Phi) is 6.77. The lowest BCUT2D eigenvalue weighted by Gasteiger charge is -2.16. The molecule has 8 nitrogen and oxygen atoms in total.